The molecule has 9 heteroatoms. The van der Waals surface area contributed by atoms with Crippen LogP contribution in [0.4, 0.5) is 5.69 Å². The summed E-state index contributed by atoms with van der Waals surface area (Å²) in [6, 6.07) is 0.243. The van der Waals surface area contributed by atoms with Crippen LogP contribution in [0.25, 0.3) is 0 Å². The van der Waals surface area contributed by atoms with Crippen LogP contribution in [-0.2, 0) is 11.3 Å². The molecule has 0 spiro atoms. The van der Waals surface area contributed by atoms with E-state index in [2.05, 4.69) is 10.4 Å². The number of hydrogen-bond acceptors (Lipinski definition) is 5. The van der Waals surface area contributed by atoms with E-state index in [0.717, 1.165) is 19.5 Å². The van der Waals surface area contributed by atoms with Crippen molar-refractivity contribution in [3.05, 3.63) is 21.5 Å². The van der Waals surface area contributed by atoms with Gasteiger partial charge in [0.15, 0.2) is 0 Å². The van der Waals surface area contributed by atoms with Crippen LogP contribution in [0.1, 0.15) is 24.2 Å². The lowest BCUT2D eigenvalue weighted by Gasteiger charge is -2.23. The lowest BCUT2D eigenvalue weighted by Crippen LogP contribution is -2.38. The van der Waals surface area contributed by atoms with Crippen molar-refractivity contribution in [3.63, 3.8) is 0 Å². The Kier molecular flexibility index (Phi) is 6.31. The summed E-state index contributed by atoms with van der Waals surface area (Å²) in [5, 5.41) is 18.3. The van der Waals surface area contributed by atoms with Crippen molar-refractivity contribution in [2.75, 3.05) is 20.1 Å². The lowest BCUT2D eigenvalue weighted by atomic mass is 10.2. The Morgan fingerprint density at radius 1 is 1.55 bits per heavy atom. The molecule has 0 aliphatic carbocycles. The minimum Gasteiger partial charge on any atom is -0.341 e. The number of nitrogens with zero attached hydrogens (tertiary/aromatic N) is 4. The van der Waals surface area contributed by atoms with E-state index in [1.165, 1.54) is 0 Å². The molecule has 0 bridgehead atoms. The number of rotatable bonds is 5. The van der Waals surface area contributed by atoms with Crippen LogP contribution in [0.15, 0.2) is 0 Å². The van der Waals surface area contributed by atoms with E-state index in [4.69, 9.17) is 0 Å². The maximum atomic E-state index is 12.2. The number of aromatic nitrogens is 2. The molecule has 1 fully saturated rings. The molecule has 1 unspecified atom stereocenters. The van der Waals surface area contributed by atoms with Crippen LogP contribution in [0.5, 0.6) is 0 Å². The average Bonchev–Trinajstić information content (AvgIpc) is 3.03. The highest BCUT2D eigenvalue weighted by atomic mass is 35.5. The topological polar surface area (TPSA) is 93.3 Å². The van der Waals surface area contributed by atoms with Crippen molar-refractivity contribution < 1.29 is 9.72 Å². The maximum Gasteiger partial charge on any atom is 0.312 e. The van der Waals surface area contributed by atoms with Crippen LogP contribution in [0.2, 0.25) is 0 Å². The van der Waals surface area contributed by atoms with E-state index in [1.807, 2.05) is 7.05 Å². The predicted octanol–water partition coefficient (Wildman–Crippen LogP) is 1.04. The Hall–Kier alpha value is -1.67. The molecule has 1 N–H and O–H groups in total. The Morgan fingerprint density at radius 2 is 2.23 bits per heavy atom. The smallest absolute Gasteiger partial charge is 0.312 e. The van der Waals surface area contributed by atoms with Crippen molar-refractivity contribution >= 4 is 24.0 Å². The molecule has 0 saturated carbocycles. The first-order chi connectivity index (χ1) is 9.91. The fraction of sp³-hybridized carbons (Fsp3) is 0.692. The quantitative estimate of drug-likeness (QED) is 0.642. The summed E-state index contributed by atoms with van der Waals surface area (Å²) in [7, 11) is 1.81. The predicted molar refractivity (Wildman–Crippen MR) is 84.3 cm³/mol. The van der Waals surface area contributed by atoms with Crippen molar-refractivity contribution in [3.8, 4) is 0 Å². The largest absolute Gasteiger partial charge is 0.341 e. The molecule has 0 aromatic carbocycles. The molecule has 1 aromatic rings. The molecule has 0 radical (unpaired) electrons. The summed E-state index contributed by atoms with van der Waals surface area (Å²) in [5.74, 6) is 0.0407. The Bertz CT molecular complexity index is 554. The molecule has 1 amide bonds. The molecule has 1 atom stereocenters. The number of hydrogen-bond donors (Lipinski definition) is 1. The van der Waals surface area contributed by atoms with E-state index < -0.39 is 4.92 Å². The van der Waals surface area contributed by atoms with Gasteiger partial charge in [0, 0.05) is 26.1 Å². The van der Waals surface area contributed by atoms with Gasteiger partial charge >= 0.3 is 5.69 Å². The molecule has 1 aliphatic heterocycles. The van der Waals surface area contributed by atoms with E-state index in [9.17, 15) is 14.9 Å². The Morgan fingerprint density at radius 3 is 2.73 bits per heavy atom. The molecule has 2 rings (SSSR count). The third-order valence-corrected chi connectivity index (χ3v) is 4.04. The first-order valence-corrected chi connectivity index (χ1v) is 7.06. The molecular weight excluding hydrogens is 310 g/mol. The van der Waals surface area contributed by atoms with Gasteiger partial charge in [0.05, 0.1) is 11.5 Å². The monoisotopic (exact) mass is 331 g/mol. The highest BCUT2D eigenvalue weighted by molar-refractivity contribution is 5.85. The molecule has 124 valence electrons. The highest BCUT2D eigenvalue weighted by Gasteiger charge is 2.25. The van der Waals surface area contributed by atoms with Crippen LogP contribution in [0, 0.1) is 24.0 Å². The second kappa shape index (κ2) is 7.55. The fourth-order valence-electron chi connectivity index (χ4n) is 2.72. The average molecular weight is 332 g/mol. The van der Waals surface area contributed by atoms with E-state index in [1.54, 1.807) is 23.4 Å². The zero-order valence-electron chi connectivity index (χ0n) is 13.0. The van der Waals surface area contributed by atoms with E-state index >= 15 is 0 Å². The number of aryl methyl sites for hydroxylation is 2. The van der Waals surface area contributed by atoms with Gasteiger partial charge in [-0.25, -0.2) is 0 Å². The van der Waals surface area contributed by atoms with Gasteiger partial charge in [0.1, 0.15) is 11.4 Å². The van der Waals surface area contributed by atoms with E-state index in [-0.39, 0.29) is 30.0 Å². The van der Waals surface area contributed by atoms with Crippen LogP contribution in [0.3, 0.4) is 0 Å². The standard InChI is InChI=1S/C13H21N5O3.ClH/c1-9-13(18(20)21)10(2)17(15-9)7-5-12(19)16(3)11-4-6-14-8-11;/h11,14H,4-8H2,1-3H3;1H. The number of likely N-dealkylation sites (N-methyl/N-ethyl adjacent to an activating group) is 1. The summed E-state index contributed by atoms with van der Waals surface area (Å²) in [6.45, 7) is 5.40. The summed E-state index contributed by atoms with van der Waals surface area (Å²) in [5.41, 5.74) is 0.921. The highest BCUT2D eigenvalue weighted by Crippen LogP contribution is 2.22. The van der Waals surface area contributed by atoms with Gasteiger partial charge in [0.25, 0.3) is 0 Å². The van der Waals surface area contributed by atoms with E-state index in [0.29, 0.717) is 24.4 Å². The van der Waals surface area contributed by atoms with Gasteiger partial charge in [-0.1, -0.05) is 0 Å². The molecule has 22 heavy (non-hydrogen) atoms. The van der Waals surface area contributed by atoms with Crippen molar-refractivity contribution in [1.29, 1.82) is 0 Å². The van der Waals surface area contributed by atoms with Gasteiger partial charge < -0.3 is 10.2 Å². The van der Waals surface area contributed by atoms with Crippen molar-refractivity contribution in [2.45, 2.75) is 39.3 Å². The minimum absolute atomic E-state index is 0. The molecule has 1 aromatic heterocycles. The second-order valence-corrected chi connectivity index (χ2v) is 5.40. The summed E-state index contributed by atoms with van der Waals surface area (Å²) in [6.07, 6.45) is 1.26. The Labute approximate surface area is 135 Å². The summed E-state index contributed by atoms with van der Waals surface area (Å²) < 4.78 is 1.55. The Balaban J connectivity index is 0.00000242. The van der Waals surface area contributed by atoms with Gasteiger partial charge in [-0.3, -0.25) is 19.6 Å². The first kappa shape index (κ1) is 18.4. The molecule has 1 saturated heterocycles. The van der Waals surface area contributed by atoms with Crippen molar-refractivity contribution in [1.82, 2.24) is 20.0 Å². The SMILES string of the molecule is Cc1nn(CCC(=O)N(C)C2CCNC2)c(C)c1[N+](=O)[O-].Cl. The van der Waals surface area contributed by atoms with Crippen LogP contribution in [-0.4, -0.2) is 51.7 Å². The lowest BCUT2D eigenvalue weighted by molar-refractivity contribution is -0.386. The fourth-order valence-corrected chi connectivity index (χ4v) is 2.72. The number of halogens is 1. The number of carbonyl (C=O) groups excluding carboxylic acids is 1. The van der Waals surface area contributed by atoms with Crippen LogP contribution < -0.4 is 5.32 Å². The van der Waals surface area contributed by atoms with Gasteiger partial charge in [-0.05, 0) is 26.8 Å². The number of nitro groups is 1. The molecule has 2 heterocycles. The van der Waals surface area contributed by atoms with Gasteiger partial charge in [-0.15, -0.1) is 12.4 Å². The summed E-state index contributed by atoms with van der Waals surface area (Å²) >= 11 is 0. The second-order valence-electron chi connectivity index (χ2n) is 5.40. The molecule has 1 aliphatic rings. The normalized spacial score (nSPS) is 17.1. The maximum absolute atomic E-state index is 12.2. The number of amides is 1. The van der Waals surface area contributed by atoms with Crippen molar-refractivity contribution in [2.24, 2.45) is 0 Å². The zero-order valence-corrected chi connectivity index (χ0v) is 13.9. The van der Waals surface area contributed by atoms with Gasteiger partial charge in [-0.2, -0.15) is 5.10 Å². The molecule has 8 nitrogen and oxygen atoms in total. The van der Waals surface area contributed by atoms with Crippen LogP contribution >= 0.6 is 12.4 Å². The zero-order chi connectivity index (χ0) is 15.6. The number of carbonyl (C=O) groups is 1. The third kappa shape index (κ3) is 3.75. The first-order valence-electron chi connectivity index (χ1n) is 7.06. The summed E-state index contributed by atoms with van der Waals surface area (Å²) in [4.78, 5) is 24.4. The molecular formula is C13H22ClN5O3. The number of nitrogens with one attached hydrogen (secondary N) is 1. The minimum atomic E-state index is -0.424. The third-order valence-electron chi connectivity index (χ3n) is 4.04. The van der Waals surface area contributed by atoms with Gasteiger partial charge in [0.2, 0.25) is 5.91 Å².